The van der Waals surface area contributed by atoms with Gasteiger partial charge in [-0.3, -0.25) is 24.2 Å². The van der Waals surface area contributed by atoms with Gasteiger partial charge in [0.2, 0.25) is 17.7 Å². The Kier molecular flexibility index (Phi) is 6.13. The number of halogens is 3. The van der Waals surface area contributed by atoms with Crippen molar-refractivity contribution in [1.82, 2.24) is 4.98 Å². The summed E-state index contributed by atoms with van der Waals surface area (Å²) in [6, 6.07) is 11.3. The Morgan fingerprint density at radius 3 is 2.47 bits per heavy atom. The summed E-state index contributed by atoms with van der Waals surface area (Å²) in [5.74, 6) is -0.948. The Morgan fingerprint density at radius 2 is 1.82 bits per heavy atom. The number of fused-ring (bicyclic) bond motifs is 3. The number of alkyl halides is 3. The van der Waals surface area contributed by atoms with Crippen LogP contribution in [-0.4, -0.2) is 36.3 Å². The van der Waals surface area contributed by atoms with E-state index in [0.29, 0.717) is 10.0 Å². The second-order valence-electron chi connectivity index (χ2n) is 7.66. The van der Waals surface area contributed by atoms with Crippen molar-refractivity contribution in [3.63, 3.8) is 0 Å². The number of thiazole rings is 1. The van der Waals surface area contributed by atoms with Crippen molar-refractivity contribution in [3.05, 3.63) is 59.7 Å². The zero-order valence-electron chi connectivity index (χ0n) is 18.1. The lowest BCUT2D eigenvalue weighted by Crippen LogP contribution is -2.39. The van der Waals surface area contributed by atoms with Crippen LogP contribution in [0.1, 0.15) is 18.1 Å². The van der Waals surface area contributed by atoms with E-state index in [1.54, 1.807) is 7.05 Å². The lowest BCUT2D eigenvalue weighted by molar-refractivity contribution is -0.137. The van der Waals surface area contributed by atoms with E-state index < -0.39 is 24.2 Å². The zero-order valence-corrected chi connectivity index (χ0v) is 19.0. The topological polar surface area (TPSA) is 82.6 Å². The molecule has 0 unspecified atom stereocenters. The van der Waals surface area contributed by atoms with Gasteiger partial charge in [-0.15, -0.1) is 0 Å². The molecule has 0 spiro atoms. The molecule has 11 heteroatoms. The molecule has 34 heavy (non-hydrogen) atoms. The number of hydrogen-bond donors (Lipinski definition) is 1. The first-order chi connectivity index (χ1) is 16.0. The van der Waals surface area contributed by atoms with Crippen LogP contribution in [0.3, 0.4) is 0 Å². The number of carbonyl (C=O) groups is 3. The van der Waals surface area contributed by atoms with Crippen molar-refractivity contribution >= 4 is 45.7 Å². The molecule has 2 heterocycles. The molecular weight excluding hydrogens is 469 g/mol. The monoisotopic (exact) mass is 488 g/mol. The first-order valence-corrected chi connectivity index (χ1v) is 11.0. The maximum atomic E-state index is 13.1. The summed E-state index contributed by atoms with van der Waals surface area (Å²) in [4.78, 5) is 45.4. The fourth-order valence-corrected chi connectivity index (χ4v) is 4.60. The van der Waals surface area contributed by atoms with Crippen LogP contribution in [-0.2, 0) is 27.0 Å². The summed E-state index contributed by atoms with van der Waals surface area (Å²) in [6.07, 6.45) is -4.44. The Bertz CT molecular complexity index is 1270. The van der Waals surface area contributed by atoms with Gasteiger partial charge in [-0.1, -0.05) is 35.6 Å². The summed E-state index contributed by atoms with van der Waals surface area (Å²) in [5, 5.41) is 2.89. The third-order valence-corrected chi connectivity index (χ3v) is 6.47. The van der Waals surface area contributed by atoms with E-state index in [2.05, 4.69) is 10.3 Å². The molecule has 1 aliphatic heterocycles. The fourth-order valence-electron chi connectivity index (χ4n) is 3.46. The molecule has 0 aliphatic carbocycles. The van der Waals surface area contributed by atoms with E-state index in [9.17, 15) is 27.6 Å². The number of amides is 3. The molecule has 7 nitrogen and oxygen atoms in total. The molecule has 0 saturated carbocycles. The lowest BCUT2D eigenvalue weighted by atomic mass is 10.0. The number of anilines is 3. The third-order valence-electron chi connectivity index (χ3n) is 5.32. The van der Waals surface area contributed by atoms with Crippen molar-refractivity contribution in [2.45, 2.75) is 19.5 Å². The molecule has 1 aromatic heterocycles. The van der Waals surface area contributed by atoms with Crippen LogP contribution >= 0.6 is 11.3 Å². The quantitative estimate of drug-likeness (QED) is 0.592. The maximum Gasteiger partial charge on any atom is 0.416 e. The van der Waals surface area contributed by atoms with E-state index >= 15 is 0 Å². The molecule has 3 amide bonds. The van der Waals surface area contributed by atoms with Gasteiger partial charge in [0, 0.05) is 19.7 Å². The normalized spacial score (nSPS) is 13.1. The number of nitrogens with one attached hydrogen (secondary N) is 1. The fraction of sp³-hybridized carbons (Fsp3) is 0.217. The highest BCUT2D eigenvalue weighted by Crippen LogP contribution is 2.43. The van der Waals surface area contributed by atoms with Crippen molar-refractivity contribution in [2.75, 3.05) is 28.7 Å². The van der Waals surface area contributed by atoms with Crippen LogP contribution in [0.25, 0.3) is 10.4 Å². The molecule has 3 aromatic rings. The van der Waals surface area contributed by atoms with Crippen molar-refractivity contribution < 1.29 is 27.6 Å². The molecule has 2 aromatic carbocycles. The predicted octanol–water partition coefficient (Wildman–Crippen LogP) is 4.34. The van der Waals surface area contributed by atoms with Crippen LogP contribution in [0.15, 0.2) is 48.5 Å². The number of carbonyl (C=O) groups excluding carboxylic acids is 3. The van der Waals surface area contributed by atoms with Crippen LogP contribution < -0.4 is 15.1 Å². The smallest absolute Gasteiger partial charge is 0.325 e. The van der Waals surface area contributed by atoms with Crippen LogP contribution in [0.2, 0.25) is 0 Å². The molecule has 0 atom stereocenters. The molecule has 0 fully saturated rings. The Labute approximate surface area is 196 Å². The Hall–Kier alpha value is -3.73. The largest absolute Gasteiger partial charge is 0.416 e. The predicted molar refractivity (Wildman–Crippen MR) is 123 cm³/mol. The number of rotatable bonds is 4. The molecule has 4 rings (SSSR count). The second-order valence-corrected chi connectivity index (χ2v) is 8.64. The van der Waals surface area contributed by atoms with E-state index in [-0.39, 0.29) is 29.7 Å². The highest BCUT2D eigenvalue weighted by molar-refractivity contribution is 7.19. The number of aromatic nitrogens is 1. The van der Waals surface area contributed by atoms with Gasteiger partial charge >= 0.3 is 6.18 Å². The van der Waals surface area contributed by atoms with E-state index in [1.165, 1.54) is 28.1 Å². The third kappa shape index (κ3) is 4.65. The molecule has 0 bridgehead atoms. The summed E-state index contributed by atoms with van der Waals surface area (Å²) in [7, 11) is 1.57. The maximum absolute atomic E-state index is 13.1. The van der Waals surface area contributed by atoms with Gasteiger partial charge in [0.15, 0.2) is 10.9 Å². The van der Waals surface area contributed by atoms with E-state index in [4.69, 9.17) is 0 Å². The molecular formula is C23H19F3N4O3S. The minimum Gasteiger partial charge on any atom is -0.325 e. The number of nitrogens with zero attached hydrogens (tertiary/aromatic N) is 3. The van der Waals surface area contributed by atoms with Gasteiger partial charge in [-0.2, -0.15) is 13.2 Å². The van der Waals surface area contributed by atoms with Gasteiger partial charge in [0.25, 0.3) is 0 Å². The van der Waals surface area contributed by atoms with Gasteiger partial charge in [0.1, 0.15) is 6.54 Å². The minimum absolute atomic E-state index is 0.0463. The summed E-state index contributed by atoms with van der Waals surface area (Å²) in [6.45, 7) is 0.995. The summed E-state index contributed by atoms with van der Waals surface area (Å²) >= 11 is 1.23. The average molecular weight is 488 g/mol. The molecule has 1 N–H and O–H groups in total. The van der Waals surface area contributed by atoms with Crippen molar-refractivity contribution in [3.8, 4) is 10.4 Å². The number of hydrogen-bond acceptors (Lipinski definition) is 5. The van der Waals surface area contributed by atoms with E-state index in [1.807, 2.05) is 24.3 Å². The van der Waals surface area contributed by atoms with Gasteiger partial charge in [-0.25, -0.2) is 4.98 Å². The van der Waals surface area contributed by atoms with Gasteiger partial charge < -0.3 is 5.32 Å². The SMILES string of the molecule is CC(=O)N(C)c1nc2c(s1)-c1ccccc1CC(=O)N2CC(=O)Nc1ccc(C(F)(F)F)cc1. The minimum atomic E-state index is -4.48. The lowest BCUT2D eigenvalue weighted by Gasteiger charge is -2.19. The Balaban J connectivity index is 1.64. The number of benzene rings is 2. The summed E-state index contributed by atoms with van der Waals surface area (Å²) in [5.41, 5.74) is 0.886. The first-order valence-electron chi connectivity index (χ1n) is 10.2. The summed E-state index contributed by atoms with van der Waals surface area (Å²) < 4.78 is 38.3. The van der Waals surface area contributed by atoms with E-state index in [0.717, 1.165) is 35.4 Å². The van der Waals surface area contributed by atoms with Crippen LogP contribution in [0, 0.1) is 0 Å². The molecule has 176 valence electrons. The highest BCUT2D eigenvalue weighted by Gasteiger charge is 2.32. The van der Waals surface area contributed by atoms with Gasteiger partial charge in [-0.05, 0) is 35.4 Å². The first kappa shape index (κ1) is 23.4. The van der Waals surface area contributed by atoms with Crippen LogP contribution in [0.5, 0.6) is 0 Å². The van der Waals surface area contributed by atoms with Gasteiger partial charge in [0.05, 0.1) is 16.9 Å². The second kappa shape index (κ2) is 8.90. The standard InChI is InChI=1S/C23H19F3N4O3S/c1-13(31)29(2)22-28-21-20(34-22)17-6-4-3-5-14(17)11-19(33)30(21)12-18(32)27-16-9-7-15(8-10-16)23(24,25)26/h3-10H,11-12H2,1-2H3,(H,27,32). The zero-order chi connectivity index (χ0) is 24.6. The highest BCUT2D eigenvalue weighted by atomic mass is 32.1. The van der Waals surface area contributed by atoms with Crippen molar-refractivity contribution in [1.29, 1.82) is 0 Å². The molecule has 0 radical (unpaired) electrons. The average Bonchev–Trinajstić information content (AvgIpc) is 3.17. The Morgan fingerprint density at radius 1 is 1.15 bits per heavy atom. The van der Waals surface area contributed by atoms with Crippen molar-refractivity contribution in [2.24, 2.45) is 0 Å². The molecule has 1 aliphatic rings. The van der Waals surface area contributed by atoms with Crippen LogP contribution in [0.4, 0.5) is 29.8 Å². The molecule has 0 saturated heterocycles.